The highest BCUT2D eigenvalue weighted by Gasteiger charge is 2.45. The maximum absolute atomic E-state index is 11.6. The van der Waals surface area contributed by atoms with E-state index in [1.165, 1.54) is 0 Å². The average molecular weight is 240 g/mol. The second-order valence-corrected chi connectivity index (χ2v) is 4.93. The first-order valence-electron chi connectivity index (χ1n) is 5.15. The largest absolute Gasteiger partial charge is 0.346 e. The lowest BCUT2D eigenvalue weighted by Gasteiger charge is -2.33. The van der Waals surface area contributed by atoms with Crippen LogP contribution in [0.25, 0.3) is 0 Å². The molecule has 0 aliphatic carbocycles. The fraction of sp³-hybridized carbons (Fsp3) is 0.600. The van der Waals surface area contributed by atoms with E-state index in [1.54, 1.807) is 20.8 Å². The number of hydrogen-bond acceptors (Lipinski definition) is 4. The van der Waals surface area contributed by atoms with E-state index in [1.807, 2.05) is 0 Å². The van der Waals surface area contributed by atoms with Crippen molar-refractivity contribution < 1.29 is 14.4 Å². The second kappa shape index (κ2) is 4.15. The standard InChI is InChI=1S/C10H16N4O3/c1-9(2,13-6(15)4-11)5-10(3)7(16)12-8(17)14-10/h4,11H,5H2,1-3H3,(H,13,15)(H2,12,14,16,17). The Kier molecular flexibility index (Phi) is 3.21. The summed E-state index contributed by atoms with van der Waals surface area (Å²) < 4.78 is 0. The van der Waals surface area contributed by atoms with Gasteiger partial charge in [-0.2, -0.15) is 0 Å². The number of carbonyl (C=O) groups excluding carboxylic acids is 3. The topological polar surface area (TPSA) is 111 Å². The molecular weight excluding hydrogens is 224 g/mol. The minimum atomic E-state index is -1.05. The van der Waals surface area contributed by atoms with Gasteiger partial charge in [0.1, 0.15) is 5.54 Å². The number of urea groups is 1. The minimum Gasteiger partial charge on any atom is -0.346 e. The van der Waals surface area contributed by atoms with E-state index in [0.29, 0.717) is 6.21 Å². The molecule has 7 nitrogen and oxygen atoms in total. The third-order valence-electron chi connectivity index (χ3n) is 2.51. The molecule has 0 saturated carbocycles. The van der Waals surface area contributed by atoms with Crippen LogP contribution in [0, 0.1) is 5.41 Å². The highest BCUT2D eigenvalue weighted by molar-refractivity contribution is 6.25. The molecule has 4 amide bonds. The number of carbonyl (C=O) groups is 3. The van der Waals surface area contributed by atoms with Gasteiger partial charge in [0, 0.05) is 12.0 Å². The number of amides is 4. The maximum Gasteiger partial charge on any atom is 0.322 e. The summed E-state index contributed by atoms with van der Waals surface area (Å²) in [6.07, 6.45) is 0.897. The molecule has 1 aliphatic heterocycles. The molecule has 1 rings (SSSR count). The summed E-state index contributed by atoms with van der Waals surface area (Å²) in [6, 6.07) is -0.535. The van der Waals surface area contributed by atoms with Crippen LogP contribution in [-0.4, -0.2) is 35.1 Å². The van der Waals surface area contributed by atoms with Crippen LogP contribution in [0.3, 0.4) is 0 Å². The van der Waals surface area contributed by atoms with Crippen LogP contribution < -0.4 is 16.0 Å². The van der Waals surface area contributed by atoms with E-state index in [4.69, 9.17) is 5.41 Å². The van der Waals surface area contributed by atoms with Crippen molar-refractivity contribution >= 4 is 24.1 Å². The van der Waals surface area contributed by atoms with Crippen LogP contribution in [-0.2, 0) is 9.59 Å². The Morgan fingerprint density at radius 1 is 1.53 bits per heavy atom. The molecule has 1 heterocycles. The zero-order valence-corrected chi connectivity index (χ0v) is 10.0. The normalized spacial score (nSPS) is 23.9. The fourth-order valence-electron chi connectivity index (χ4n) is 2.00. The van der Waals surface area contributed by atoms with Gasteiger partial charge in [-0.1, -0.05) is 0 Å². The summed E-state index contributed by atoms with van der Waals surface area (Å²) >= 11 is 0. The van der Waals surface area contributed by atoms with Gasteiger partial charge < -0.3 is 16.0 Å². The molecule has 1 atom stereocenters. The molecule has 0 spiro atoms. The van der Waals surface area contributed by atoms with Gasteiger partial charge >= 0.3 is 6.03 Å². The summed E-state index contributed by atoms with van der Waals surface area (Å²) in [4.78, 5) is 33.8. The Labute approximate surface area is 98.8 Å². The molecule has 0 aromatic carbocycles. The van der Waals surface area contributed by atoms with Crippen LogP contribution in [0.1, 0.15) is 27.2 Å². The lowest BCUT2D eigenvalue weighted by atomic mass is 9.85. The molecule has 1 aliphatic rings. The quantitative estimate of drug-likeness (QED) is 0.393. The summed E-state index contributed by atoms with van der Waals surface area (Å²) in [6.45, 7) is 5.03. The maximum atomic E-state index is 11.6. The molecular formula is C10H16N4O3. The Morgan fingerprint density at radius 3 is 2.53 bits per heavy atom. The molecule has 94 valence electrons. The Bertz CT molecular complexity index is 391. The van der Waals surface area contributed by atoms with Gasteiger partial charge in [-0.25, -0.2) is 4.79 Å². The minimum absolute atomic E-state index is 0.233. The summed E-state index contributed by atoms with van der Waals surface area (Å²) in [5, 5.41) is 14.1. The molecule has 7 heteroatoms. The highest BCUT2D eigenvalue weighted by atomic mass is 16.2. The summed E-state index contributed by atoms with van der Waals surface area (Å²) in [5.74, 6) is -0.956. The molecule has 1 fully saturated rings. The fourth-order valence-corrected chi connectivity index (χ4v) is 2.00. The highest BCUT2D eigenvalue weighted by Crippen LogP contribution is 2.23. The van der Waals surface area contributed by atoms with Gasteiger partial charge in [-0.3, -0.25) is 14.9 Å². The van der Waals surface area contributed by atoms with Crippen LogP contribution in [0.5, 0.6) is 0 Å². The molecule has 0 radical (unpaired) electrons. The summed E-state index contributed by atoms with van der Waals surface area (Å²) in [5.41, 5.74) is -1.76. The van der Waals surface area contributed by atoms with E-state index in [-0.39, 0.29) is 6.42 Å². The number of nitrogens with one attached hydrogen (secondary N) is 4. The van der Waals surface area contributed by atoms with Gasteiger partial charge in [0.25, 0.3) is 11.8 Å². The smallest absolute Gasteiger partial charge is 0.322 e. The number of imide groups is 1. The van der Waals surface area contributed by atoms with Crippen molar-refractivity contribution in [3.05, 3.63) is 0 Å². The third-order valence-corrected chi connectivity index (χ3v) is 2.51. The van der Waals surface area contributed by atoms with Crippen LogP contribution >= 0.6 is 0 Å². The van der Waals surface area contributed by atoms with E-state index >= 15 is 0 Å². The van der Waals surface area contributed by atoms with Gasteiger partial charge in [0.15, 0.2) is 0 Å². The number of hydrogen-bond donors (Lipinski definition) is 4. The average Bonchev–Trinajstić information content (AvgIpc) is 2.37. The predicted octanol–water partition coefficient (Wildman–Crippen LogP) is -0.481. The van der Waals surface area contributed by atoms with Gasteiger partial charge in [0.2, 0.25) is 0 Å². The lowest BCUT2D eigenvalue weighted by Crippen LogP contribution is -2.54. The Morgan fingerprint density at radius 2 is 2.12 bits per heavy atom. The molecule has 0 aromatic heterocycles. The number of rotatable bonds is 4. The lowest BCUT2D eigenvalue weighted by molar-refractivity contribution is -0.125. The van der Waals surface area contributed by atoms with Gasteiger partial charge in [0.05, 0.1) is 6.21 Å². The van der Waals surface area contributed by atoms with Crippen molar-refractivity contribution in [1.29, 1.82) is 5.41 Å². The summed E-state index contributed by atoms with van der Waals surface area (Å²) in [7, 11) is 0. The zero-order valence-electron chi connectivity index (χ0n) is 10.0. The first-order valence-corrected chi connectivity index (χ1v) is 5.15. The molecule has 1 saturated heterocycles. The van der Waals surface area contributed by atoms with Crippen LogP contribution in [0.15, 0.2) is 0 Å². The monoisotopic (exact) mass is 240 g/mol. The van der Waals surface area contributed by atoms with E-state index < -0.39 is 28.9 Å². The van der Waals surface area contributed by atoms with Gasteiger partial charge in [-0.15, -0.1) is 0 Å². The Balaban J connectivity index is 2.76. The van der Waals surface area contributed by atoms with Crippen molar-refractivity contribution in [3.8, 4) is 0 Å². The predicted molar refractivity (Wildman–Crippen MR) is 60.7 cm³/mol. The molecule has 1 unspecified atom stereocenters. The van der Waals surface area contributed by atoms with E-state index in [9.17, 15) is 14.4 Å². The van der Waals surface area contributed by atoms with Crippen molar-refractivity contribution in [1.82, 2.24) is 16.0 Å². The van der Waals surface area contributed by atoms with Crippen molar-refractivity contribution in [3.63, 3.8) is 0 Å². The first kappa shape index (κ1) is 13.1. The Hall–Kier alpha value is -1.92. The van der Waals surface area contributed by atoms with Crippen LogP contribution in [0.2, 0.25) is 0 Å². The third kappa shape index (κ3) is 3.02. The molecule has 0 bridgehead atoms. The SMILES string of the molecule is CC(C)(CC1(C)NC(=O)NC1=O)NC(=O)C=N. The molecule has 4 N–H and O–H groups in total. The van der Waals surface area contributed by atoms with Crippen molar-refractivity contribution in [2.75, 3.05) is 0 Å². The van der Waals surface area contributed by atoms with Crippen molar-refractivity contribution in [2.45, 2.75) is 38.3 Å². The van der Waals surface area contributed by atoms with Crippen LogP contribution in [0.4, 0.5) is 4.79 Å². The molecule has 0 aromatic rings. The van der Waals surface area contributed by atoms with E-state index in [0.717, 1.165) is 0 Å². The first-order chi connectivity index (χ1) is 7.68. The van der Waals surface area contributed by atoms with Crippen molar-refractivity contribution in [2.24, 2.45) is 0 Å². The van der Waals surface area contributed by atoms with Gasteiger partial charge in [-0.05, 0) is 20.8 Å². The zero-order chi connectivity index (χ0) is 13.3. The van der Waals surface area contributed by atoms with E-state index in [2.05, 4.69) is 16.0 Å². The second-order valence-electron chi connectivity index (χ2n) is 4.93. The molecule has 17 heavy (non-hydrogen) atoms.